The molecule has 7 nitrogen and oxygen atoms in total. The number of hydrogen-bond acceptors (Lipinski definition) is 5. The highest BCUT2D eigenvalue weighted by Gasteiger charge is 2.34. The Bertz CT molecular complexity index is 1380. The van der Waals surface area contributed by atoms with Crippen LogP contribution in [-0.2, 0) is 6.54 Å². The highest BCUT2D eigenvalue weighted by atomic mass is 16.2. The molecule has 0 atom stereocenters. The van der Waals surface area contributed by atoms with E-state index in [1.165, 1.54) is 4.90 Å². The minimum Gasteiger partial charge on any atom is -0.322 e. The van der Waals surface area contributed by atoms with E-state index in [9.17, 15) is 14.4 Å². The molecule has 0 aliphatic carbocycles. The first-order chi connectivity index (χ1) is 16.5. The number of rotatable bonds is 5. The predicted molar refractivity (Wildman–Crippen MR) is 127 cm³/mol. The topological polar surface area (TPSA) is 92.3 Å². The van der Waals surface area contributed by atoms with E-state index in [1.807, 2.05) is 25.1 Å². The number of carbonyl (C=O) groups excluding carboxylic acids is 3. The number of carbonyl (C=O) groups is 3. The quantitative estimate of drug-likeness (QED) is 0.454. The van der Waals surface area contributed by atoms with Crippen molar-refractivity contribution < 1.29 is 14.4 Å². The zero-order chi connectivity index (χ0) is 23.7. The van der Waals surface area contributed by atoms with E-state index in [2.05, 4.69) is 15.3 Å². The van der Waals surface area contributed by atoms with E-state index in [4.69, 9.17) is 0 Å². The predicted octanol–water partition coefficient (Wildman–Crippen LogP) is 4.50. The van der Waals surface area contributed by atoms with Crippen molar-refractivity contribution in [1.82, 2.24) is 14.9 Å². The lowest BCUT2D eigenvalue weighted by Crippen LogP contribution is -2.29. The van der Waals surface area contributed by atoms with Gasteiger partial charge in [0, 0.05) is 28.7 Å². The third kappa shape index (κ3) is 4.06. The second-order valence-corrected chi connectivity index (χ2v) is 7.99. The normalized spacial score (nSPS) is 12.6. The average Bonchev–Trinajstić information content (AvgIpc) is 3.10. The van der Waals surface area contributed by atoms with Crippen molar-refractivity contribution >= 4 is 23.4 Å². The molecule has 1 aliphatic heterocycles. The van der Waals surface area contributed by atoms with E-state index < -0.39 is 0 Å². The molecule has 0 saturated carbocycles. The standard InChI is InChI=1S/C27H20N4O3/c1-17-14-15-28-24(29-17)19-10-12-21(13-11-19)30-25(32)20-8-6-18(7-9-20)16-31-26(33)22-4-2-3-5-23(22)27(31)34/h2-15H,16H2,1H3,(H,30,32). The molecule has 1 aliphatic rings. The Morgan fingerprint density at radius 3 is 2.12 bits per heavy atom. The lowest BCUT2D eigenvalue weighted by molar-refractivity contribution is 0.0642. The fraction of sp³-hybridized carbons (Fsp3) is 0.0741. The molecule has 0 spiro atoms. The Morgan fingerprint density at radius 2 is 1.50 bits per heavy atom. The fourth-order valence-corrected chi connectivity index (χ4v) is 3.82. The van der Waals surface area contributed by atoms with E-state index in [1.54, 1.807) is 66.9 Å². The van der Waals surface area contributed by atoms with Crippen LogP contribution in [-0.4, -0.2) is 32.6 Å². The maximum Gasteiger partial charge on any atom is 0.261 e. The lowest BCUT2D eigenvalue weighted by atomic mass is 10.1. The molecule has 0 unspecified atom stereocenters. The minimum atomic E-state index is -0.304. The van der Waals surface area contributed by atoms with Gasteiger partial charge in [-0.05, 0) is 67.1 Å². The van der Waals surface area contributed by atoms with Crippen LogP contribution in [0.3, 0.4) is 0 Å². The second kappa shape index (κ2) is 8.71. The fourth-order valence-electron chi connectivity index (χ4n) is 3.82. The average molecular weight is 448 g/mol. The van der Waals surface area contributed by atoms with E-state index in [-0.39, 0.29) is 24.3 Å². The zero-order valence-corrected chi connectivity index (χ0v) is 18.4. The van der Waals surface area contributed by atoms with Crippen LogP contribution in [0.15, 0.2) is 85.1 Å². The monoisotopic (exact) mass is 448 g/mol. The van der Waals surface area contributed by atoms with Crippen LogP contribution in [0.2, 0.25) is 0 Å². The van der Waals surface area contributed by atoms with E-state index in [0.29, 0.717) is 28.2 Å². The Kier molecular flexibility index (Phi) is 5.43. The Hall–Kier alpha value is -4.65. The Balaban J connectivity index is 1.24. The molecule has 0 fully saturated rings. The van der Waals surface area contributed by atoms with Crippen molar-refractivity contribution in [2.45, 2.75) is 13.5 Å². The van der Waals surface area contributed by atoms with Gasteiger partial charge in [-0.3, -0.25) is 19.3 Å². The number of nitrogens with one attached hydrogen (secondary N) is 1. The van der Waals surface area contributed by atoms with Gasteiger partial charge in [-0.1, -0.05) is 24.3 Å². The molecular weight excluding hydrogens is 428 g/mol. The number of anilines is 1. The molecule has 1 N–H and O–H groups in total. The Morgan fingerprint density at radius 1 is 0.853 bits per heavy atom. The van der Waals surface area contributed by atoms with Crippen LogP contribution in [0.1, 0.15) is 42.3 Å². The number of imide groups is 1. The highest BCUT2D eigenvalue weighted by molar-refractivity contribution is 6.21. The molecule has 166 valence electrons. The summed E-state index contributed by atoms with van der Waals surface area (Å²) in [5.74, 6) is -0.234. The number of hydrogen-bond donors (Lipinski definition) is 1. The number of amides is 3. The maximum atomic E-state index is 12.7. The summed E-state index contributed by atoms with van der Waals surface area (Å²) in [6.07, 6.45) is 1.71. The minimum absolute atomic E-state index is 0.150. The van der Waals surface area contributed by atoms with Gasteiger partial charge in [0.1, 0.15) is 0 Å². The first-order valence-corrected chi connectivity index (χ1v) is 10.8. The van der Waals surface area contributed by atoms with Gasteiger partial charge in [-0.15, -0.1) is 0 Å². The molecule has 2 heterocycles. The number of fused-ring (bicyclic) bond motifs is 1. The summed E-state index contributed by atoms with van der Waals surface area (Å²) in [5, 5.41) is 2.87. The molecule has 1 aromatic heterocycles. The number of benzene rings is 3. The largest absolute Gasteiger partial charge is 0.322 e. The molecule has 34 heavy (non-hydrogen) atoms. The van der Waals surface area contributed by atoms with E-state index >= 15 is 0 Å². The van der Waals surface area contributed by atoms with Crippen molar-refractivity contribution in [3.63, 3.8) is 0 Å². The summed E-state index contributed by atoms with van der Waals surface area (Å²) >= 11 is 0. The maximum absolute atomic E-state index is 12.7. The first-order valence-electron chi connectivity index (χ1n) is 10.8. The molecule has 0 saturated heterocycles. The van der Waals surface area contributed by atoms with E-state index in [0.717, 1.165) is 16.8 Å². The van der Waals surface area contributed by atoms with Gasteiger partial charge in [-0.2, -0.15) is 0 Å². The third-order valence-corrected chi connectivity index (χ3v) is 5.63. The van der Waals surface area contributed by atoms with Crippen molar-refractivity contribution in [1.29, 1.82) is 0 Å². The summed E-state index contributed by atoms with van der Waals surface area (Å²) in [5.41, 5.74) is 4.46. The second-order valence-electron chi connectivity index (χ2n) is 7.99. The van der Waals surface area contributed by atoms with Gasteiger partial charge in [0.15, 0.2) is 5.82 Å². The number of aromatic nitrogens is 2. The van der Waals surface area contributed by atoms with Gasteiger partial charge < -0.3 is 5.32 Å². The first kappa shape index (κ1) is 21.2. The van der Waals surface area contributed by atoms with Gasteiger partial charge >= 0.3 is 0 Å². The summed E-state index contributed by atoms with van der Waals surface area (Å²) in [7, 11) is 0. The molecule has 5 rings (SSSR count). The zero-order valence-electron chi connectivity index (χ0n) is 18.4. The summed E-state index contributed by atoms with van der Waals surface area (Å²) < 4.78 is 0. The van der Waals surface area contributed by atoms with Gasteiger partial charge in [0.25, 0.3) is 17.7 Å². The van der Waals surface area contributed by atoms with Gasteiger partial charge in [0.05, 0.1) is 17.7 Å². The summed E-state index contributed by atoms with van der Waals surface area (Å²) in [6.45, 7) is 2.06. The van der Waals surface area contributed by atoms with Gasteiger partial charge in [0.2, 0.25) is 0 Å². The van der Waals surface area contributed by atoms with Crippen LogP contribution in [0, 0.1) is 6.92 Å². The molecule has 3 aromatic carbocycles. The third-order valence-electron chi connectivity index (χ3n) is 5.63. The van der Waals surface area contributed by atoms with Crippen LogP contribution in [0.25, 0.3) is 11.4 Å². The van der Waals surface area contributed by atoms with Crippen LogP contribution >= 0.6 is 0 Å². The van der Waals surface area contributed by atoms with Crippen molar-refractivity contribution in [2.75, 3.05) is 5.32 Å². The van der Waals surface area contributed by atoms with Crippen molar-refractivity contribution in [3.05, 3.63) is 113 Å². The molecular formula is C27H20N4O3. The molecule has 0 bridgehead atoms. The smallest absolute Gasteiger partial charge is 0.261 e. The van der Waals surface area contributed by atoms with Crippen molar-refractivity contribution in [3.8, 4) is 11.4 Å². The van der Waals surface area contributed by atoms with Crippen LogP contribution in [0.4, 0.5) is 5.69 Å². The van der Waals surface area contributed by atoms with Gasteiger partial charge in [-0.25, -0.2) is 9.97 Å². The molecule has 3 amide bonds. The van der Waals surface area contributed by atoms with Crippen LogP contribution in [0.5, 0.6) is 0 Å². The van der Waals surface area contributed by atoms with Crippen molar-refractivity contribution in [2.24, 2.45) is 0 Å². The molecule has 7 heteroatoms. The number of aryl methyl sites for hydroxylation is 1. The summed E-state index contributed by atoms with van der Waals surface area (Å²) in [6, 6.07) is 22.8. The molecule has 4 aromatic rings. The summed E-state index contributed by atoms with van der Waals surface area (Å²) in [4.78, 5) is 47.7. The number of nitrogens with zero attached hydrogens (tertiary/aromatic N) is 3. The SMILES string of the molecule is Cc1ccnc(-c2ccc(NC(=O)c3ccc(CN4C(=O)c5ccccc5C4=O)cc3)cc2)n1. The highest BCUT2D eigenvalue weighted by Crippen LogP contribution is 2.24. The Labute approximate surface area is 196 Å². The van der Waals surface area contributed by atoms with Crippen LogP contribution < -0.4 is 5.32 Å². The lowest BCUT2D eigenvalue weighted by Gasteiger charge is -2.14. The molecule has 0 radical (unpaired) electrons.